The van der Waals surface area contributed by atoms with Gasteiger partial charge in [-0.15, -0.1) is 11.8 Å². The van der Waals surface area contributed by atoms with E-state index in [1.807, 2.05) is 0 Å². The van der Waals surface area contributed by atoms with Crippen molar-refractivity contribution < 1.29 is 17.0 Å². The van der Waals surface area contributed by atoms with Crippen LogP contribution in [-0.4, -0.2) is 6.26 Å². The third-order valence-corrected chi connectivity index (χ3v) is 2.55. The molecule has 0 aliphatic carbocycles. The van der Waals surface area contributed by atoms with Gasteiger partial charge in [0.15, 0.2) is 17.9 Å². The van der Waals surface area contributed by atoms with E-state index in [9.17, 15) is 0 Å². The number of nitrogens with zero attached hydrogens (tertiary/aromatic N) is 1. The summed E-state index contributed by atoms with van der Waals surface area (Å²) in [5, 5.41) is 0. The summed E-state index contributed by atoms with van der Waals surface area (Å²) in [5.74, 6) is 0. The van der Waals surface area contributed by atoms with Crippen LogP contribution in [0.5, 0.6) is 0 Å². The van der Waals surface area contributed by atoms with Gasteiger partial charge in [-0.25, -0.2) is 4.57 Å². The third kappa shape index (κ3) is 3.57. The maximum absolute atomic E-state index is 2.22. The fraction of sp³-hybridized carbons (Fsp3) is 0.500. The standard InChI is InChI=1S/C10H16NS.ClH/c1-10(2,3)11-7-5-9(12-4)6-8-11;/h5-8H,1-4H3;1H/q+1;/p-1. The van der Waals surface area contributed by atoms with Gasteiger partial charge in [0.1, 0.15) is 0 Å². The predicted octanol–water partition coefficient (Wildman–Crippen LogP) is -0.545. The minimum absolute atomic E-state index is 0. The minimum Gasteiger partial charge on any atom is -1.00 e. The summed E-state index contributed by atoms with van der Waals surface area (Å²) >= 11 is 1.77. The molecule has 0 amide bonds. The summed E-state index contributed by atoms with van der Waals surface area (Å²) < 4.78 is 2.22. The zero-order valence-corrected chi connectivity index (χ0v) is 10.1. The lowest BCUT2D eigenvalue weighted by molar-refractivity contribution is -0.754. The van der Waals surface area contributed by atoms with Gasteiger partial charge in [0.25, 0.3) is 0 Å². The summed E-state index contributed by atoms with van der Waals surface area (Å²) in [6, 6.07) is 4.30. The first-order valence-electron chi connectivity index (χ1n) is 4.10. The maximum Gasteiger partial charge on any atom is 0.170 e. The second kappa shape index (κ2) is 4.87. The Balaban J connectivity index is 0.00000144. The van der Waals surface area contributed by atoms with Crippen LogP contribution >= 0.6 is 11.8 Å². The lowest BCUT2D eigenvalue weighted by Gasteiger charge is -2.12. The van der Waals surface area contributed by atoms with Gasteiger partial charge in [-0.05, 0) is 6.26 Å². The molecule has 0 atom stereocenters. The first kappa shape index (κ1) is 12.8. The van der Waals surface area contributed by atoms with E-state index in [0.717, 1.165) is 0 Å². The van der Waals surface area contributed by atoms with E-state index in [4.69, 9.17) is 0 Å². The molecule has 0 unspecified atom stereocenters. The second-order valence-corrected chi connectivity index (χ2v) is 4.70. The summed E-state index contributed by atoms with van der Waals surface area (Å²) in [5.41, 5.74) is 0.191. The van der Waals surface area contributed by atoms with Crippen molar-refractivity contribution in [1.29, 1.82) is 0 Å². The third-order valence-electron chi connectivity index (χ3n) is 1.81. The molecular formula is C10H16ClNS. The van der Waals surface area contributed by atoms with Crippen LogP contribution < -0.4 is 17.0 Å². The monoisotopic (exact) mass is 217 g/mol. The molecule has 1 aromatic heterocycles. The predicted molar refractivity (Wildman–Crippen MR) is 53.4 cm³/mol. The molecule has 13 heavy (non-hydrogen) atoms. The molecule has 0 spiro atoms. The van der Waals surface area contributed by atoms with E-state index in [2.05, 4.69) is 56.1 Å². The topological polar surface area (TPSA) is 3.88 Å². The number of thioether (sulfide) groups is 1. The Hall–Kier alpha value is -0.210. The Morgan fingerprint density at radius 2 is 1.62 bits per heavy atom. The molecule has 0 aliphatic heterocycles. The van der Waals surface area contributed by atoms with Crippen molar-refractivity contribution in [3.63, 3.8) is 0 Å². The Morgan fingerprint density at radius 3 is 1.92 bits per heavy atom. The molecule has 0 aliphatic rings. The Morgan fingerprint density at radius 1 is 1.15 bits per heavy atom. The number of rotatable bonds is 1. The van der Waals surface area contributed by atoms with Crippen LogP contribution in [0.4, 0.5) is 0 Å². The number of hydrogen-bond acceptors (Lipinski definition) is 1. The van der Waals surface area contributed by atoms with Crippen molar-refractivity contribution in [3.05, 3.63) is 24.5 Å². The van der Waals surface area contributed by atoms with Crippen LogP contribution in [0.3, 0.4) is 0 Å². The largest absolute Gasteiger partial charge is 1.00 e. The highest BCUT2D eigenvalue weighted by molar-refractivity contribution is 7.98. The zero-order valence-electron chi connectivity index (χ0n) is 8.54. The number of hydrogen-bond donors (Lipinski definition) is 0. The SMILES string of the molecule is CSc1cc[n+](C(C)(C)C)cc1.[Cl-]. The van der Waals surface area contributed by atoms with Gasteiger partial charge in [0.05, 0.1) is 0 Å². The highest BCUT2D eigenvalue weighted by atomic mass is 35.5. The molecule has 0 N–H and O–H groups in total. The van der Waals surface area contributed by atoms with Crippen molar-refractivity contribution in [2.75, 3.05) is 6.26 Å². The molecule has 0 saturated heterocycles. The van der Waals surface area contributed by atoms with Gasteiger partial charge < -0.3 is 12.4 Å². The average molecular weight is 218 g/mol. The van der Waals surface area contributed by atoms with Crippen LogP contribution in [0, 0.1) is 0 Å². The van der Waals surface area contributed by atoms with E-state index < -0.39 is 0 Å². The van der Waals surface area contributed by atoms with Crippen molar-refractivity contribution in [2.24, 2.45) is 0 Å². The van der Waals surface area contributed by atoms with Crippen molar-refractivity contribution >= 4 is 11.8 Å². The van der Waals surface area contributed by atoms with Crippen molar-refractivity contribution in [1.82, 2.24) is 0 Å². The second-order valence-electron chi connectivity index (χ2n) is 3.82. The smallest absolute Gasteiger partial charge is 0.170 e. The lowest BCUT2D eigenvalue weighted by Crippen LogP contribution is -3.00. The number of pyridine rings is 1. The fourth-order valence-corrected chi connectivity index (χ4v) is 1.39. The summed E-state index contributed by atoms with van der Waals surface area (Å²) in [6.45, 7) is 6.60. The first-order chi connectivity index (χ1) is 5.54. The van der Waals surface area contributed by atoms with Gasteiger partial charge in [-0.3, -0.25) is 0 Å². The molecule has 0 saturated carbocycles. The van der Waals surface area contributed by atoms with Gasteiger partial charge >= 0.3 is 0 Å². The van der Waals surface area contributed by atoms with Crippen LogP contribution in [0.25, 0.3) is 0 Å². The molecule has 3 heteroatoms. The van der Waals surface area contributed by atoms with Crippen LogP contribution in [-0.2, 0) is 5.54 Å². The molecule has 0 fully saturated rings. The van der Waals surface area contributed by atoms with E-state index >= 15 is 0 Å². The molecule has 0 bridgehead atoms. The molecule has 0 aromatic carbocycles. The molecule has 1 nitrogen and oxygen atoms in total. The molecule has 0 radical (unpaired) electrons. The lowest BCUT2D eigenvalue weighted by atomic mass is 10.1. The Bertz CT molecular complexity index is 251. The van der Waals surface area contributed by atoms with E-state index in [0.29, 0.717) is 0 Å². The molecule has 1 aromatic rings. The van der Waals surface area contributed by atoms with Gasteiger partial charge in [0, 0.05) is 37.8 Å². The summed E-state index contributed by atoms with van der Waals surface area (Å²) in [4.78, 5) is 1.32. The fourth-order valence-electron chi connectivity index (χ4n) is 0.996. The van der Waals surface area contributed by atoms with E-state index in [1.165, 1.54) is 4.90 Å². The highest BCUT2D eigenvalue weighted by Crippen LogP contribution is 2.12. The first-order valence-corrected chi connectivity index (χ1v) is 5.32. The van der Waals surface area contributed by atoms with Crippen LogP contribution in [0.1, 0.15) is 20.8 Å². The van der Waals surface area contributed by atoms with Crippen LogP contribution in [0.15, 0.2) is 29.4 Å². The van der Waals surface area contributed by atoms with E-state index in [-0.39, 0.29) is 17.9 Å². The van der Waals surface area contributed by atoms with Gasteiger partial charge in [-0.2, -0.15) is 0 Å². The van der Waals surface area contributed by atoms with Crippen LogP contribution in [0.2, 0.25) is 0 Å². The van der Waals surface area contributed by atoms with E-state index in [1.54, 1.807) is 11.8 Å². The van der Waals surface area contributed by atoms with Crippen molar-refractivity contribution in [3.8, 4) is 0 Å². The molecule has 1 rings (SSSR count). The highest BCUT2D eigenvalue weighted by Gasteiger charge is 2.19. The summed E-state index contributed by atoms with van der Waals surface area (Å²) in [7, 11) is 0. The van der Waals surface area contributed by atoms with Crippen molar-refractivity contribution in [2.45, 2.75) is 31.2 Å². The molecule has 1 heterocycles. The minimum atomic E-state index is 0. The number of halogens is 1. The normalized spacial score (nSPS) is 10.8. The Labute approximate surface area is 91.0 Å². The quantitative estimate of drug-likeness (QED) is 0.451. The average Bonchev–Trinajstić information content (AvgIpc) is 2.03. The van der Waals surface area contributed by atoms with Gasteiger partial charge in [-0.1, -0.05) is 0 Å². The Kier molecular flexibility index (Phi) is 4.79. The number of aromatic nitrogens is 1. The maximum atomic E-state index is 2.22. The van der Waals surface area contributed by atoms with Gasteiger partial charge in [0.2, 0.25) is 0 Å². The zero-order chi connectivity index (χ0) is 9.19. The molecular weight excluding hydrogens is 202 g/mol. The molecule has 74 valence electrons. The summed E-state index contributed by atoms with van der Waals surface area (Å²) in [6.07, 6.45) is 6.36.